The molecule has 2 aliphatic rings. The van der Waals surface area contributed by atoms with Crippen LogP contribution in [0.25, 0.3) is 33.3 Å². The van der Waals surface area contributed by atoms with Crippen molar-refractivity contribution in [3.8, 4) is 11.3 Å². The molecular formula is C22H17NO. The maximum atomic E-state index is 6.14. The van der Waals surface area contributed by atoms with Gasteiger partial charge in [0, 0.05) is 10.9 Å². The van der Waals surface area contributed by atoms with E-state index in [1.807, 2.05) is 6.07 Å². The van der Waals surface area contributed by atoms with Crippen LogP contribution in [0.2, 0.25) is 0 Å². The molecule has 2 aliphatic carbocycles. The van der Waals surface area contributed by atoms with Gasteiger partial charge >= 0.3 is 0 Å². The summed E-state index contributed by atoms with van der Waals surface area (Å²) in [5.74, 6) is 1.35. The van der Waals surface area contributed by atoms with E-state index in [1.54, 1.807) is 0 Å². The van der Waals surface area contributed by atoms with Gasteiger partial charge < -0.3 is 4.42 Å². The molecule has 6 rings (SSSR count). The molecule has 2 aromatic heterocycles. The fraction of sp³-hybridized carbons (Fsp3) is 0.227. The average molecular weight is 311 g/mol. The van der Waals surface area contributed by atoms with Crippen molar-refractivity contribution in [2.45, 2.75) is 31.1 Å². The van der Waals surface area contributed by atoms with Crippen molar-refractivity contribution in [1.29, 1.82) is 0 Å². The molecule has 2 atom stereocenters. The smallest absolute Gasteiger partial charge is 0.228 e. The first-order valence-electron chi connectivity index (χ1n) is 8.80. The van der Waals surface area contributed by atoms with Gasteiger partial charge in [0.15, 0.2) is 0 Å². The zero-order chi connectivity index (χ0) is 15.7. The second-order valence-corrected chi connectivity index (χ2v) is 7.14. The maximum Gasteiger partial charge on any atom is 0.228 e. The summed E-state index contributed by atoms with van der Waals surface area (Å²) in [7, 11) is 0. The highest BCUT2D eigenvalue weighted by Gasteiger charge is 2.41. The molecule has 24 heavy (non-hydrogen) atoms. The molecule has 0 radical (unpaired) electrons. The Morgan fingerprint density at radius 1 is 0.833 bits per heavy atom. The highest BCUT2D eigenvalue weighted by molar-refractivity contribution is 6.07. The quantitative estimate of drug-likeness (QED) is 0.430. The van der Waals surface area contributed by atoms with Crippen LogP contribution in [-0.2, 0) is 0 Å². The van der Waals surface area contributed by atoms with E-state index in [-0.39, 0.29) is 0 Å². The first-order chi connectivity index (χ1) is 11.9. The lowest BCUT2D eigenvalue weighted by molar-refractivity contribution is 0.651. The SMILES string of the molecule is c1ccc(-c2nc3oc4ccccc4c3c3c2C2CCC3C2)cc1. The molecule has 2 nitrogen and oxygen atoms in total. The van der Waals surface area contributed by atoms with Crippen LogP contribution in [0.3, 0.4) is 0 Å². The summed E-state index contributed by atoms with van der Waals surface area (Å²) in [6.07, 6.45) is 3.90. The van der Waals surface area contributed by atoms with Crippen molar-refractivity contribution in [1.82, 2.24) is 4.98 Å². The van der Waals surface area contributed by atoms with E-state index >= 15 is 0 Å². The van der Waals surface area contributed by atoms with E-state index in [0.717, 1.165) is 17.0 Å². The molecule has 0 spiro atoms. The standard InChI is InChI=1S/C22H17NO/c1-2-6-13(7-3-1)21-19-15-11-10-14(12-15)18(19)20-16-8-4-5-9-17(16)24-22(20)23-21/h1-9,14-15H,10-12H2. The lowest BCUT2D eigenvalue weighted by atomic mass is 9.86. The second kappa shape index (κ2) is 4.47. The summed E-state index contributed by atoms with van der Waals surface area (Å²) < 4.78 is 6.14. The van der Waals surface area contributed by atoms with Gasteiger partial charge in [0.1, 0.15) is 5.58 Å². The Kier molecular flexibility index (Phi) is 2.38. The Morgan fingerprint density at radius 3 is 2.46 bits per heavy atom. The number of nitrogens with zero attached hydrogens (tertiary/aromatic N) is 1. The summed E-state index contributed by atoms with van der Waals surface area (Å²) >= 11 is 0. The summed E-state index contributed by atoms with van der Waals surface area (Å²) in [4.78, 5) is 5.01. The van der Waals surface area contributed by atoms with Crippen molar-refractivity contribution >= 4 is 22.1 Å². The molecule has 2 bridgehead atoms. The molecule has 2 heterocycles. The second-order valence-electron chi connectivity index (χ2n) is 7.14. The van der Waals surface area contributed by atoms with Crippen molar-refractivity contribution in [3.05, 3.63) is 65.7 Å². The average Bonchev–Trinajstić information content (AvgIpc) is 3.34. The number of rotatable bonds is 1. The minimum absolute atomic E-state index is 0.672. The van der Waals surface area contributed by atoms with Crippen LogP contribution in [0, 0.1) is 0 Å². The molecule has 2 aromatic carbocycles. The summed E-state index contributed by atoms with van der Waals surface area (Å²) in [6, 6.07) is 19.0. The third-order valence-electron chi connectivity index (χ3n) is 5.90. The third-order valence-corrected chi connectivity index (χ3v) is 5.90. The number of fused-ring (bicyclic) bond motifs is 9. The van der Waals surface area contributed by atoms with Crippen molar-refractivity contribution in [3.63, 3.8) is 0 Å². The van der Waals surface area contributed by atoms with E-state index in [1.165, 1.54) is 46.7 Å². The fourth-order valence-electron chi connectivity index (χ4n) is 4.95. The Balaban J connectivity index is 1.79. The highest BCUT2D eigenvalue weighted by Crippen LogP contribution is 2.58. The van der Waals surface area contributed by atoms with Crippen molar-refractivity contribution in [2.24, 2.45) is 0 Å². The highest BCUT2D eigenvalue weighted by atomic mass is 16.3. The van der Waals surface area contributed by atoms with Gasteiger partial charge in [-0.25, -0.2) is 4.98 Å². The van der Waals surface area contributed by atoms with Gasteiger partial charge in [-0.2, -0.15) is 0 Å². The normalized spacial score (nSPS) is 21.7. The van der Waals surface area contributed by atoms with Crippen molar-refractivity contribution in [2.75, 3.05) is 0 Å². The molecule has 4 aromatic rings. The molecule has 116 valence electrons. The van der Waals surface area contributed by atoms with Crippen LogP contribution < -0.4 is 0 Å². The lowest BCUT2D eigenvalue weighted by Gasteiger charge is -2.19. The predicted octanol–water partition coefficient (Wildman–Crippen LogP) is 6.01. The zero-order valence-corrected chi connectivity index (χ0v) is 13.3. The van der Waals surface area contributed by atoms with Crippen LogP contribution in [0.5, 0.6) is 0 Å². The van der Waals surface area contributed by atoms with Crippen LogP contribution in [0.1, 0.15) is 42.2 Å². The molecule has 0 amide bonds. The van der Waals surface area contributed by atoms with E-state index in [4.69, 9.17) is 9.40 Å². The van der Waals surface area contributed by atoms with Gasteiger partial charge in [0.25, 0.3) is 0 Å². The van der Waals surface area contributed by atoms with Crippen molar-refractivity contribution < 1.29 is 4.42 Å². The number of aromatic nitrogens is 1. The van der Waals surface area contributed by atoms with E-state index in [9.17, 15) is 0 Å². The first kappa shape index (κ1) is 12.8. The van der Waals surface area contributed by atoms with Gasteiger partial charge in [-0.15, -0.1) is 0 Å². The number of pyridine rings is 1. The monoisotopic (exact) mass is 311 g/mol. The summed E-state index contributed by atoms with van der Waals surface area (Å²) in [6.45, 7) is 0. The number of hydrogen-bond donors (Lipinski definition) is 0. The minimum Gasteiger partial charge on any atom is -0.438 e. The molecule has 0 aliphatic heterocycles. The first-order valence-corrected chi connectivity index (χ1v) is 8.80. The number of furan rings is 1. The number of hydrogen-bond acceptors (Lipinski definition) is 2. The number of para-hydroxylation sites is 1. The Bertz CT molecular complexity index is 1090. The topological polar surface area (TPSA) is 26.0 Å². The summed E-state index contributed by atoms with van der Waals surface area (Å²) in [5.41, 5.74) is 7.14. The summed E-state index contributed by atoms with van der Waals surface area (Å²) in [5, 5.41) is 2.50. The Hall–Kier alpha value is -2.61. The van der Waals surface area contributed by atoms with Gasteiger partial charge in [-0.05, 0) is 48.3 Å². The molecular weight excluding hydrogens is 294 g/mol. The third kappa shape index (κ3) is 1.53. The molecule has 0 N–H and O–H groups in total. The van der Waals surface area contributed by atoms with Crippen LogP contribution in [0.15, 0.2) is 59.0 Å². The predicted molar refractivity (Wildman–Crippen MR) is 96.3 cm³/mol. The van der Waals surface area contributed by atoms with E-state index < -0.39 is 0 Å². The largest absolute Gasteiger partial charge is 0.438 e. The van der Waals surface area contributed by atoms with Gasteiger partial charge in [0.05, 0.1) is 11.1 Å². The van der Waals surface area contributed by atoms with Crippen LogP contribution in [-0.4, -0.2) is 4.98 Å². The molecule has 0 saturated heterocycles. The number of benzene rings is 2. The van der Waals surface area contributed by atoms with E-state index in [2.05, 4.69) is 48.5 Å². The molecule has 2 unspecified atom stereocenters. The minimum atomic E-state index is 0.672. The Morgan fingerprint density at radius 2 is 1.58 bits per heavy atom. The zero-order valence-electron chi connectivity index (χ0n) is 13.3. The molecule has 1 fully saturated rings. The van der Waals surface area contributed by atoms with E-state index in [0.29, 0.717) is 11.8 Å². The van der Waals surface area contributed by atoms with Crippen LogP contribution in [0.4, 0.5) is 0 Å². The van der Waals surface area contributed by atoms with Gasteiger partial charge in [0.2, 0.25) is 5.71 Å². The fourth-order valence-corrected chi connectivity index (χ4v) is 4.95. The molecule has 1 saturated carbocycles. The maximum absolute atomic E-state index is 6.14. The Labute approximate surface area is 140 Å². The van der Waals surface area contributed by atoms with Gasteiger partial charge in [-0.3, -0.25) is 0 Å². The van der Waals surface area contributed by atoms with Crippen LogP contribution >= 0.6 is 0 Å². The lowest BCUT2D eigenvalue weighted by Crippen LogP contribution is -2.03. The molecule has 2 heteroatoms. The van der Waals surface area contributed by atoms with Gasteiger partial charge in [-0.1, -0.05) is 48.5 Å².